The molecule has 228 valence electrons. The van der Waals surface area contributed by atoms with Crippen molar-refractivity contribution in [3.8, 4) is 0 Å². The third kappa shape index (κ3) is 4.42. The van der Waals surface area contributed by atoms with E-state index in [0.717, 1.165) is 64.4 Å². The average molecular weight is 615 g/mol. The van der Waals surface area contributed by atoms with E-state index in [1.165, 1.54) is 5.56 Å². The van der Waals surface area contributed by atoms with E-state index in [1.807, 2.05) is 24.3 Å². The van der Waals surface area contributed by atoms with E-state index in [4.69, 9.17) is 13.8 Å². The predicted octanol–water partition coefficient (Wildman–Crippen LogP) is 10.0. The van der Waals surface area contributed by atoms with Crippen molar-refractivity contribution in [2.45, 2.75) is 50.7 Å². The Hall–Kier alpha value is -3.53. The van der Waals surface area contributed by atoms with Gasteiger partial charge in [-0.25, -0.2) is 0 Å². The molecule has 8 rings (SSSR count). The molecule has 0 aromatic heterocycles. The van der Waals surface area contributed by atoms with Gasteiger partial charge >= 0.3 is 7.60 Å². The maximum atomic E-state index is 15.5. The standard InChI is InChI=1S/C40H39O4P/c1-38(2)27-42-45(41,43-28-38)37-32-22-12-13-23-33(32)39(30-18-8-4-9-19-30)34-24-14-15-25-35(34)40(44-39,31-20-10-5-11-21-31)36(37)26-29-16-6-3-7-17-29/h3-11,14-21,24-26,33H,12-13,22-23,27-28H2,1-2H3/b36-26-. The molecule has 1 saturated heterocycles. The van der Waals surface area contributed by atoms with Gasteiger partial charge in [0.1, 0.15) is 11.2 Å². The molecule has 0 radical (unpaired) electrons. The zero-order valence-corrected chi connectivity index (χ0v) is 26.8. The fourth-order valence-corrected chi connectivity index (χ4v) is 10.6. The van der Waals surface area contributed by atoms with Gasteiger partial charge in [-0.2, -0.15) is 0 Å². The van der Waals surface area contributed by atoms with Crippen LogP contribution in [-0.4, -0.2) is 13.2 Å². The Balaban J connectivity index is 1.55. The summed E-state index contributed by atoms with van der Waals surface area (Å²) in [7, 11) is -3.77. The van der Waals surface area contributed by atoms with E-state index in [0.29, 0.717) is 13.2 Å². The first-order valence-electron chi connectivity index (χ1n) is 16.2. The molecule has 3 unspecified atom stereocenters. The van der Waals surface area contributed by atoms with Crippen LogP contribution < -0.4 is 0 Å². The first-order chi connectivity index (χ1) is 21.9. The minimum absolute atomic E-state index is 0.0509. The molecule has 4 nitrogen and oxygen atoms in total. The second kappa shape index (κ2) is 10.8. The molecule has 2 aliphatic heterocycles. The second-order valence-electron chi connectivity index (χ2n) is 13.6. The smallest absolute Gasteiger partial charge is 0.344 e. The van der Waals surface area contributed by atoms with Gasteiger partial charge in [0.15, 0.2) is 0 Å². The van der Waals surface area contributed by atoms with Crippen LogP contribution in [0, 0.1) is 11.3 Å². The van der Waals surface area contributed by atoms with Crippen molar-refractivity contribution in [2.75, 3.05) is 13.2 Å². The topological polar surface area (TPSA) is 44.8 Å². The van der Waals surface area contributed by atoms with Crippen LogP contribution in [0.5, 0.6) is 0 Å². The number of hydrogen-bond acceptors (Lipinski definition) is 4. The van der Waals surface area contributed by atoms with Crippen molar-refractivity contribution in [3.63, 3.8) is 0 Å². The minimum atomic E-state index is -3.77. The van der Waals surface area contributed by atoms with Crippen molar-refractivity contribution in [3.05, 3.63) is 160 Å². The van der Waals surface area contributed by atoms with Gasteiger partial charge in [0.05, 0.1) is 18.5 Å². The fraction of sp³-hybridized carbons (Fsp3) is 0.300. The van der Waals surface area contributed by atoms with Crippen LogP contribution in [0.15, 0.2) is 132 Å². The van der Waals surface area contributed by atoms with Gasteiger partial charge in [0.25, 0.3) is 0 Å². The van der Waals surface area contributed by atoms with Crippen molar-refractivity contribution < 1.29 is 18.3 Å². The quantitative estimate of drug-likeness (QED) is 0.215. The van der Waals surface area contributed by atoms with Gasteiger partial charge in [-0.05, 0) is 58.7 Å². The molecule has 2 bridgehead atoms. The predicted molar refractivity (Wildman–Crippen MR) is 179 cm³/mol. The lowest BCUT2D eigenvalue weighted by Crippen LogP contribution is -2.40. The molecule has 5 heteroatoms. The summed E-state index contributed by atoms with van der Waals surface area (Å²) in [5.41, 5.74) is 5.29. The Kier molecular flexibility index (Phi) is 6.93. The van der Waals surface area contributed by atoms with Gasteiger partial charge in [-0.1, -0.05) is 136 Å². The molecule has 2 fully saturated rings. The van der Waals surface area contributed by atoms with Crippen molar-refractivity contribution in [1.29, 1.82) is 0 Å². The first-order valence-corrected chi connectivity index (χ1v) is 17.7. The molecule has 45 heavy (non-hydrogen) atoms. The molecular formula is C40H39O4P. The Morgan fingerprint density at radius 2 is 1.29 bits per heavy atom. The maximum Gasteiger partial charge on any atom is 0.361 e. The van der Waals surface area contributed by atoms with Gasteiger partial charge in [0, 0.05) is 16.9 Å². The fourth-order valence-electron chi connectivity index (χ4n) is 8.09. The number of ether oxygens (including phenoxy) is 1. The highest BCUT2D eigenvalue weighted by atomic mass is 31.2. The van der Waals surface area contributed by atoms with E-state index in [9.17, 15) is 0 Å². The lowest BCUT2D eigenvalue weighted by Gasteiger charge is -2.42. The zero-order valence-electron chi connectivity index (χ0n) is 25.9. The monoisotopic (exact) mass is 614 g/mol. The van der Waals surface area contributed by atoms with Crippen LogP contribution in [0.4, 0.5) is 0 Å². The molecule has 2 heterocycles. The number of benzene rings is 4. The van der Waals surface area contributed by atoms with Crippen molar-refractivity contribution in [1.82, 2.24) is 0 Å². The number of rotatable bonds is 4. The van der Waals surface area contributed by atoms with E-state index < -0.39 is 18.8 Å². The second-order valence-corrected chi connectivity index (χ2v) is 15.6. The lowest BCUT2D eigenvalue weighted by atomic mass is 9.65. The molecule has 3 atom stereocenters. The van der Waals surface area contributed by atoms with Crippen LogP contribution in [-0.2, 0) is 29.6 Å². The normalized spacial score (nSPS) is 29.1. The highest BCUT2D eigenvalue weighted by Crippen LogP contribution is 2.73. The summed E-state index contributed by atoms with van der Waals surface area (Å²) in [5, 5.41) is 0.725. The minimum Gasteiger partial charge on any atom is -0.344 e. The van der Waals surface area contributed by atoms with E-state index in [1.54, 1.807) is 0 Å². The highest BCUT2D eigenvalue weighted by Gasteiger charge is 2.65. The van der Waals surface area contributed by atoms with Crippen LogP contribution in [0.25, 0.3) is 6.08 Å². The van der Waals surface area contributed by atoms with Crippen molar-refractivity contribution >= 4 is 13.7 Å². The summed E-state index contributed by atoms with van der Waals surface area (Å²) in [5.74, 6) is -0.0509. The van der Waals surface area contributed by atoms with Gasteiger partial charge in [-0.15, -0.1) is 0 Å². The average Bonchev–Trinajstić information content (AvgIpc) is 3.34. The molecule has 2 aliphatic carbocycles. The summed E-state index contributed by atoms with van der Waals surface area (Å²) < 4.78 is 36.4. The van der Waals surface area contributed by atoms with Crippen molar-refractivity contribution in [2.24, 2.45) is 11.3 Å². The number of hydrogen-bond donors (Lipinski definition) is 0. The van der Waals surface area contributed by atoms with Gasteiger partial charge in [-0.3, -0.25) is 4.57 Å². The Morgan fingerprint density at radius 3 is 1.96 bits per heavy atom. The van der Waals surface area contributed by atoms with Crippen LogP contribution >= 0.6 is 7.60 Å². The van der Waals surface area contributed by atoms with Crippen LogP contribution in [0.3, 0.4) is 0 Å². The van der Waals surface area contributed by atoms with E-state index in [2.05, 4.69) is 111 Å². The van der Waals surface area contributed by atoms with Crippen LogP contribution in [0.2, 0.25) is 0 Å². The third-order valence-electron chi connectivity index (χ3n) is 10.1. The molecule has 4 aromatic rings. The number of fused-ring (bicyclic) bond motifs is 2. The van der Waals surface area contributed by atoms with E-state index >= 15 is 4.57 Å². The third-order valence-corrected chi connectivity index (χ3v) is 12.1. The first kappa shape index (κ1) is 28.9. The molecule has 0 N–H and O–H groups in total. The zero-order chi connectivity index (χ0) is 30.7. The molecule has 4 aliphatic rings. The summed E-state index contributed by atoms with van der Waals surface area (Å²) in [6.45, 7) is 4.93. The molecule has 0 spiro atoms. The van der Waals surface area contributed by atoms with E-state index in [-0.39, 0.29) is 11.3 Å². The Bertz CT molecular complexity index is 1830. The highest BCUT2D eigenvalue weighted by molar-refractivity contribution is 7.59. The molecule has 4 aromatic carbocycles. The molecular weight excluding hydrogens is 575 g/mol. The molecule has 1 saturated carbocycles. The molecule has 0 amide bonds. The summed E-state index contributed by atoms with van der Waals surface area (Å²) in [6.07, 6.45) is 6.01. The maximum absolute atomic E-state index is 15.5. The summed E-state index contributed by atoms with van der Waals surface area (Å²) >= 11 is 0. The summed E-state index contributed by atoms with van der Waals surface area (Å²) in [6, 6.07) is 40.2. The van der Waals surface area contributed by atoms with Gasteiger partial charge < -0.3 is 13.8 Å². The SMILES string of the molecule is CC1(C)COP(=O)(C2=C3CCCCC3C3(c4ccccc4)OC(c4ccccc4)(/C2=C\c2ccccc2)c2ccccc23)OC1. The van der Waals surface area contributed by atoms with Gasteiger partial charge in [0.2, 0.25) is 0 Å². The van der Waals surface area contributed by atoms with Crippen LogP contribution in [0.1, 0.15) is 67.3 Å². The largest absolute Gasteiger partial charge is 0.361 e. The lowest BCUT2D eigenvalue weighted by molar-refractivity contribution is -0.103. The Labute approximate surface area is 266 Å². The Morgan fingerprint density at radius 1 is 0.711 bits per heavy atom. The summed E-state index contributed by atoms with van der Waals surface area (Å²) in [4.78, 5) is 0.